The maximum atomic E-state index is 10.8. The molecular weight excluding hydrogens is 248 g/mol. The number of carbonyl (C=O) groups is 1. The van der Waals surface area contributed by atoms with E-state index in [4.69, 9.17) is 16.7 Å². The van der Waals surface area contributed by atoms with E-state index in [0.29, 0.717) is 11.7 Å². The van der Waals surface area contributed by atoms with E-state index >= 15 is 0 Å². The van der Waals surface area contributed by atoms with Crippen molar-refractivity contribution in [2.45, 2.75) is 19.9 Å². The fraction of sp³-hybridized carbons (Fsp3) is 0.400. The third-order valence-electron chi connectivity index (χ3n) is 1.96. The molecule has 0 bridgehead atoms. The van der Waals surface area contributed by atoms with Gasteiger partial charge < -0.3 is 10.0 Å². The molecule has 0 aliphatic carbocycles. The number of aromatic carboxylic acids is 1. The summed E-state index contributed by atoms with van der Waals surface area (Å²) in [5.74, 6) is -1.05. The van der Waals surface area contributed by atoms with Crippen LogP contribution in [0.4, 0.5) is 5.13 Å². The van der Waals surface area contributed by atoms with Gasteiger partial charge in [0, 0.05) is 12.6 Å². The van der Waals surface area contributed by atoms with Gasteiger partial charge in [-0.25, -0.2) is 9.78 Å². The van der Waals surface area contributed by atoms with Crippen molar-refractivity contribution in [2.24, 2.45) is 0 Å². The molecule has 0 unspecified atom stereocenters. The molecule has 0 atom stereocenters. The number of nitrogens with zero attached hydrogens (tertiary/aromatic N) is 2. The minimum absolute atomic E-state index is 0.0437. The lowest BCUT2D eigenvalue weighted by atomic mass is 10.3. The van der Waals surface area contributed by atoms with Gasteiger partial charge in [-0.2, -0.15) is 0 Å². The summed E-state index contributed by atoms with van der Waals surface area (Å²) in [5.41, 5.74) is 0. The predicted octanol–water partition coefficient (Wildman–Crippen LogP) is 2.90. The van der Waals surface area contributed by atoms with Crippen LogP contribution in [-0.4, -0.2) is 28.6 Å². The van der Waals surface area contributed by atoms with Crippen molar-refractivity contribution in [1.82, 2.24) is 4.98 Å². The molecule has 16 heavy (non-hydrogen) atoms. The lowest BCUT2D eigenvalue weighted by Gasteiger charge is -2.24. The maximum absolute atomic E-state index is 10.8. The lowest BCUT2D eigenvalue weighted by Crippen LogP contribution is -2.30. The van der Waals surface area contributed by atoms with Crippen molar-refractivity contribution in [3.8, 4) is 0 Å². The average Bonchev–Trinajstić information content (AvgIpc) is 2.56. The summed E-state index contributed by atoms with van der Waals surface area (Å²) in [5, 5.41) is 9.53. The highest BCUT2D eigenvalue weighted by Gasteiger charge is 2.20. The van der Waals surface area contributed by atoms with Crippen LogP contribution < -0.4 is 4.90 Å². The number of carboxylic acids is 1. The molecule has 88 valence electrons. The third-order valence-corrected chi connectivity index (χ3v) is 3.43. The summed E-state index contributed by atoms with van der Waals surface area (Å²) >= 11 is 6.83. The van der Waals surface area contributed by atoms with Crippen molar-refractivity contribution < 1.29 is 9.90 Å². The van der Waals surface area contributed by atoms with E-state index in [0.717, 1.165) is 11.3 Å². The minimum atomic E-state index is -1.05. The van der Waals surface area contributed by atoms with E-state index in [9.17, 15) is 4.79 Å². The van der Waals surface area contributed by atoms with Crippen LogP contribution in [0.15, 0.2) is 12.7 Å². The first-order valence-electron chi connectivity index (χ1n) is 4.74. The van der Waals surface area contributed by atoms with Gasteiger partial charge in [0.2, 0.25) is 0 Å². The van der Waals surface area contributed by atoms with Gasteiger partial charge in [-0.1, -0.05) is 29.0 Å². The van der Waals surface area contributed by atoms with Gasteiger partial charge in [0.1, 0.15) is 0 Å². The van der Waals surface area contributed by atoms with Gasteiger partial charge >= 0.3 is 5.97 Å². The maximum Gasteiger partial charge on any atom is 0.349 e. The van der Waals surface area contributed by atoms with Crippen molar-refractivity contribution in [3.63, 3.8) is 0 Å². The molecule has 0 saturated heterocycles. The number of anilines is 1. The number of thiazole rings is 1. The minimum Gasteiger partial charge on any atom is -0.477 e. The normalized spacial score (nSPS) is 10.5. The van der Waals surface area contributed by atoms with Crippen molar-refractivity contribution in [3.05, 3.63) is 22.7 Å². The van der Waals surface area contributed by atoms with Crippen LogP contribution >= 0.6 is 22.9 Å². The van der Waals surface area contributed by atoms with Crippen molar-refractivity contribution in [1.29, 1.82) is 0 Å². The van der Waals surface area contributed by atoms with Crippen molar-refractivity contribution in [2.75, 3.05) is 11.4 Å². The van der Waals surface area contributed by atoms with E-state index in [1.54, 1.807) is 6.08 Å². The van der Waals surface area contributed by atoms with Crippen LogP contribution in [0.2, 0.25) is 5.15 Å². The Balaban J connectivity index is 3.06. The Morgan fingerprint density at radius 1 is 1.75 bits per heavy atom. The Labute approximate surface area is 103 Å². The second-order valence-corrected chi connectivity index (χ2v) is 4.79. The first-order valence-corrected chi connectivity index (χ1v) is 5.94. The second kappa shape index (κ2) is 5.32. The summed E-state index contributed by atoms with van der Waals surface area (Å²) in [6, 6.07) is 0.210. The number of rotatable bonds is 5. The second-order valence-electron chi connectivity index (χ2n) is 3.46. The molecule has 0 spiro atoms. The predicted molar refractivity (Wildman–Crippen MR) is 66.8 cm³/mol. The summed E-state index contributed by atoms with van der Waals surface area (Å²) in [6.07, 6.45) is 1.75. The largest absolute Gasteiger partial charge is 0.477 e. The van der Waals surface area contributed by atoms with Gasteiger partial charge in [-0.15, -0.1) is 6.58 Å². The average molecular weight is 261 g/mol. The highest BCUT2D eigenvalue weighted by molar-refractivity contribution is 7.18. The Morgan fingerprint density at radius 3 is 2.75 bits per heavy atom. The zero-order valence-electron chi connectivity index (χ0n) is 9.11. The van der Waals surface area contributed by atoms with Gasteiger partial charge in [0.15, 0.2) is 15.2 Å². The topological polar surface area (TPSA) is 53.4 Å². The number of aromatic nitrogens is 1. The number of hydrogen-bond acceptors (Lipinski definition) is 4. The fourth-order valence-electron chi connectivity index (χ4n) is 1.19. The van der Waals surface area contributed by atoms with Crippen LogP contribution in [0.1, 0.15) is 23.5 Å². The number of halogens is 1. The molecule has 4 nitrogen and oxygen atoms in total. The number of hydrogen-bond donors (Lipinski definition) is 1. The molecule has 1 aromatic rings. The van der Waals surface area contributed by atoms with Crippen LogP contribution in [-0.2, 0) is 0 Å². The van der Waals surface area contributed by atoms with Gasteiger partial charge in [-0.3, -0.25) is 0 Å². The molecule has 1 aromatic heterocycles. The van der Waals surface area contributed by atoms with Gasteiger partial charge in [0.25, 0.3) is 0 Å². The standard InChI is InChI=1S/C10H13ClN2O2S/c1-4-5-13(6(2)3)10-12-8(11)7(16-10)9(14)15/h4,6H,1,5H2,2-3H3,(H,14,15). The van der Waals surface area contributed by atoms with Crippen LogP contribution in [0.25, 0.3) is 0 Å². The highest BCUT2D eigenvalue weighted by Crippen LogP contribution is 2.30. The van der Waals surface area contributed by atoms with Crippen LogP contribution in [0, 0.1) is 0 Å². The van der Waals surface area contributed by atoms with Crippen LogP contribution in [0.5, 0.6) is 0 Å². The summed E-state index contributed by atoms with van der Waals surface area (Å²) in [7, 11) is 0. The first kappa shape index (κ1) is 13.0. The molecule has 1 heterocycles. The molecule has 0 aromatic carbocycles. The summed E-state index contributed by atoms with van der Waals surface area (Å²) in [4.78, 5) is 16.9. The molecular formula is C10H13ClN2O2S. The third kappa shape index (κ3) is 2.74. The Bertz CT molecular complexity index is 404. The van der Waals surface area contributed by atoms with E-state index in [2.05, 4.69) is 11.6 Å². The molecule has 0 fully saturated rings. The highest BCUT2D eigenvalue weighted by atomic mass is 35.5. The number of carboxylic acid groups (broad SMARTS) is 1. The quantitative estimate of drug-likeness (QED) is 0.827. The molecule has 0 radical (unpaired) electrons. The Hall–Kier alpha value is -1.07. The zero-order valence-corrected chi connectivity index (χ0v) is 10.7. The molecule has 0 amide bonds. The SMILES string of the molecule is C=CCN(c1nc(Cl)c(C(=O)O)s1)C(C)C. The molecule has 0 aliphatic rings. The lowest BCUT2D eigenvalue weighted by molar-refractivity contribution is 0.0702. The monoisotopic (exact) mass is 260 g/mol. The van der Waals surface area contributed by atoms with Gasteiger partial charge in [-0.05, 0) is 13.8 Å². The zero-order chi connectivity index (χ0) is 12.3. The first-order chi connectivity index (χ1) is 7.47. The Morgan fingerprint density at radius 2 is 2.38 bits per heavy atom. The van der Waals surface area contributed by atoms with Gasteiger partial charge in [0.05, 0.1) is 0 Å². The smallest absolute Gasteiger partial charge is 0.349 e. The molecule has 0 aliphatic heterocycles. The molecule has 6 heteroatoms. The molecule has 0 saturated carbocycles. The fourth-order valence-corrected chi connectivity index (χ4v) is 2.46. The summed E-state index contributed by atoms with van der Waals surface area (Å²) < 4.78 is 0. The summed E-state index contributed by atoms with van der Waals surface area (Å²) in [6.45, 7) is 8.27. The van der Waals surface area contributed by atoms with Crippen molar-refractivity contribution >= 4 is 34.0 Å². The van der Waals surface area contributed by atoms with E-state index < -0.39 is 5.97 Å². The van der Waals surface area contributed by atoms with E-state index in [-0.39, 0.29) is 16.1 Å². The van der Waals surface area contributed by atoms with E-state index in [1.807, 2.05) is 18.7 Å². The van der Waals surface area contributed by atoms with Crippen LogP contribution in [0.3, 0.4) is 0 Å². The van der Waals surface area contributed by atoms with E-state index in [1.165, 1.54) is 0 Å². The Kier molecular flexibility index (Phi) is 4.32. The molecule has 1 rings (SSSR count). The molecule has 1 N–H and O–H groups in total.